The average Bonchev–Trinajstić information content (AvgIpc) is 2.54. The molecule has 134 valence electrons. The smallest absolute Gasteiger partial charge is 0.335 e. The molecule has 2 nitrogen and oxygen atoms in total. The topological polar surface area (TPSA) is 37.3 Å². The highest BCUT2D eigenvalue weighted by Gasteiger charge is 2.26. The number of allylic oxidation sites excluding steroid dienone is 2. The second-order valence-corrected chi connectivity index (χ2v) is 7.57. The van der Waals surface area contributed by atoms with Crippen LogP contribution in [0.5, 0.6) is 0 Å². The maximum Gasteiger partial charge on any atom is 0.335 e. The maximum absolute atomic E-state index is 10.5. The predicted octanol–water partition coefficient (Wildman–Crippen LogP) is 6.27. The number of hydrogen-bond acceptors (Lipinski definition) is 1. The van der Waals surface area contributed by atoms with Crippen LogP contribution in [0.25, 0.3) is 0 Å². The molecule has 4 unspecified atom stereocenters. The minimum atomic E-state index is -0.867. The Kier molecular flexibility index (Phi) is 7.72. The van der Waals surface area contributed by atoms with Gasteiger partial charge in [-0.3, -0.25) is 0 Å². The molecule has 2 heteroatoms. The van der Waals surface area contributed by atoms with Crippen LogP contribution in [0.3, 0.4) is 0 Å². The van der Waals surface area contributed by atoms with Crippen LogP contribution in [0.2, 0.25) is 0 Å². The Balaban J connectivity index is 0.000000243. The zero-order valence-electron chi connectivity index (χ0n) is 16.4. The van der Waals surface area contributed by atoms with Gasteiger partial charge in [-0.1, -0.05) is 51.8 Å². The van der Waals surface area contributed by atoms with Gasteiger partial charge in [-0.15, -0.1) is 0 Å². The van der Waals surface area contributed by atoms with E-state index in [9.17, 15) is 4.79 Å². The lowest BCUT2D eigenvalue weighted by atomic mass is 9.72. The van der Waals surface area contributed by atoms with E-state index in [4.69, 9.17) is 5.11 Å². The first-order valence-corrected chi connectivity index (χ1v) is 9.16. The van der Waals surface area contributed by atoms with Crippen molar-refractivity contribution >= 4 is 5.97 Å². The maximum atomic E-state index is 10.5. The highest BCUT2D eigenvalue weighted by molar-refractivity contribution is 5.87. The van der Waals surface area contributed by atoms with Crippen molar-refractivity contribution in [3.8, 4) is 0 Å². The first-order valence-electron chi connectivity index (χ1n) is 9.16. The third-order valence-electron chi connectivity index (χ3n) is 5.82. The molecule has 24 heavy (non-hydrogen) atoms. The summed E-state index contributed by atoms with van der Waals surface area (Å²) in [5, 5.41) is 8.60. The van der Waals surface area contributed by atoms with Crippen molar-refractivity contribution in [1.82, 2.24) is 0 Å². The molecule has 2 rings (SSSR count). The van der Waals surface area contributed by atoms with Gasteiger partial charge in [0.15, 0.2) is 0 Å². The van der Waals surface area contributed by atoms with E-state index in [1.807, 2.05) is 19.9 Å². The highest BCUT2D eigenvalue weighted by Crippen LogP contribution is 2.36. The fourth-order valence-electron chi connectivity index (χ4n) is 3.21. The number of aromatic carboxylic acids is 1. The summed E-state index contributed by atoms with van der Waals surface area (Å²) in [6, 6.07) is 5.11. The molecule has 0 saturated carbocycles. The molecule has 1 aliphatic carbocycles. The number of rotatable bonds is 3. The van der Waals surface area contributed by atoms with Crippen LogP contribution >= 0.6 is 0 Å². The van der Waals surface area contributed by atoms with Crippen LogP contribution in [-0.2, 0) is 0 Å². The van der Waals surface area contributed by atoms with Gasteiger partial charge >= 0.3 is 5.97 Å². The molecule has 0 spiro atoms. The summed E-state index contributed by atoms with van der Waals surface area (Å²) in [7, 11) is 0. The van der Waals surface area contributed by atoms with Gasteiger partial charge in [0.25, 0.3) is 0 Å². The predicted molar refractivity (Wildman–Crippen MR) is 103 cm³/mol. The normalized spacial score (nSPS) is 24.5. The highest BCUT2D eigenvalue weighted by atomic mass is 16.4. The third kappa shape index (κ3) is 5.51. The second kappa shape index (κ2) is 9.05. The summed E-state index contributed by atoms with van der Waals surface area (Å²) in [4.78, 5) is 10.5. The number of carboxylic acid groups (broad SMARTS) is 1. The van der Waals surface area contributed by atoms with Crippen LogP contribution < -0.4 is 0 Å². The molecular weight excluding hydrogens is 296 g/mol. The Bertz CT molecular complexity index is 586. The van der Waals surface area contributed by atoms with Crippen molar-refractivity contribution < 1.29 is 9.90 Å². The van der Waals surface area contributed by atoms with Crippen molar-refractivity contribution in [3.05, 3.63) is 46.5 Å². The number of carbonyl (C=O) groups is 1. The molecule has 0 aliphatic heterocycles. The molecule has 0 heterocycles. The molecule has 0 saturated heterocycles. The monoisotopic (exact) mass is 330 g/mol. The minimum absolute atomic E-state index is 0.355. The van der Waals surface area contributed by atoms with Crippen molar-refractivity contribution in [3.63, 3.8) is 0 Å². The van der Waals surface area contributed by atoms with E-state index in [0.29, 0.717) is 5.56 Å². The molecule has 0 aromatic heterocycles. The van der Waals surface area contributed by atoms with Gasteiger partial charge < -0.3 is 5.11 Å². The Morgan fingerprint density at radius 3 is 2.29 bits per heavy atom. The quantitative estimate of drug-likeness (QED) is 0.663. The summed E-state index contributed by atoms with van der Waals surface area (Å²) < 4.78 is 0. The molecule has 1 N–H and O–H groups in total. The van der Waals surface area contributed by atoms with Crippen molar-refractivity contribution in [2.75, 3.05) is 0 Å². The van der Waals surface area contributed by atoms with Crippen molar-refractivity contribution in [2.24, 2.45) is 23.7 Å². The van der Waals surface area contributed by atoms with Crippen molar-refractivity contribution in [2.45, 2.75) is 61.3 Å². The molecule has 0 radical (unpaired) electrons. The molecule has 1 aromatic rings. The standard InChI is InChI=1S/C13H24.C9H10O2/c1-6-9(2)13-7-10(3)12(5)11(4)8-13;1-6-3-4-8(9(10)11)5-7(6)2/h7,9,11-13H,6,8H2,1-5H3;3-5H,1-2H3,(H,10,11). The summed E-state index contributed by atoms with van der Waals surface area (Å²) in [5.41, 5.74) is 4.11. The first-order chi connectivity index (χ1) is 11.2. The fraction of sp³-hybridized carbons (Fsp3) is 0.591. The van der Waals surface area contributed by atoms with Crippen LogP contribution in [-0.4, -0.2) is 11.1 Å². The molecule has 1 aliphatic rings. The van der Waals surface area contributed by atoms with Crippen LogP contribution in [0.1, 0.15) is 68.9 Å². The molecule has 0 fully saturated rings. The van der Waals surface area contributed by atoms with Crippen LogP contribution in [0.4, 0.5) is 0 Å². The molecule has 0 amide bonds. The van der Waals surface area contributed by atoms with Gasteiger partial charge in [-0.05, 0) is 74.1 Å². The van der Waals surface area contributed by atoms with Gasteiger partial charge in [0, 0.05) is 0 Å². The number of hydrogen-bond donors (Lipinski definition) is 1. The van der Waals surface area contributed by atoms with Crippen LogP contribution in [0, 0.1) is 37.5 Å². The van der Waals surface area contributed by atoms with E-state index in [1.165, 1.54) is 12.8 Å². The van der Waals surface area contributed by atoms with E-state index in [-0.39, 0.29) is 0 Å². The van der Waals surface area contributed by atoms with E-state index in [0.717, 1.165) is 34.8 Å². The van der Waals surface area contributed by atoms with Crippen molar-refractivity contribution in [1.29, 1.82) is 0 Å². The van der Waals surface area contributed by atoms with Crippen LogP contribution in [0.15, 0.2) is 29.8 Å². The SMILES string of the molecule is CCC(C)C1C=C(C)C(C)C(C)C1.Cc1ccc(C(=O)O)cc1C. The lowest BCUT2D eigenvalue weighted by Gasteiger charge is -2.33. The molecule has 1 aromatic carbocycles. The minimum Gasteiger partial charge on any atom is -0.478 e. The summed E-state index contributed by atoms with van der Waals surface area (Å²) >= 11 is 0. The summed E-state index contributed by atoms with van der Waals surface area (Å²) in [6.07, 6.45) is 5.24. The van der Waals surface area contributed by atoms with E-state index in [2.05, 4.69) is 40.7 Å². The van der Waals surface area contributed by atoms with E-state index < -0.39 is 5.97 Å². The zero-order chi connectivity index (χ0) is 18.4. The number of aryl methyl sites for hydroxylation is 2. The second-order valence-electron chi connectivity index (χ2n) is 7.57. The van der Waals surface area contributed by atoms with E-state index >= 15 is 0 Å². The summed E-state index contributed by atoms with van der Waals surface area (Å²) in [6.45, 7) is 15.6. The Hall–Kier alpha value is -1.57. The average molecular weight is 331 g/mol. The number of benzene rings is 1. The largest absolute Gasteiger partial charge is 0.478 e. The molecule has 0 bridgehead atoms. The Morgan fingerprint density at radius 2 is 1.83 bits per heavy atom. The van der Waals surface area contributed by atoms with Gasteiger partial charge in [-0.2, -0.15) is 0 Å². The third-order valence-corrected chi connectivity index (χ3v) is 5.82. The Morgan fingerprint density at radius 1 is 1.21 bits per heavy atom. The van der Waals surface area contributed by atoms with Gasteiger partial charge in [0.2, 0.25) is 0 Å². The van der Waals surface area contributed by atoms with E-state index in [1.54, 1.807) is 17.7 Å². The molecular formula is C22H34O2. The zero-order valence-corrected chi connectivity index (χ0v) is 16.4. The van der Waals surface area contributed by atoms with Gasteiger partial charge in [0.05, 0.1) is 5.56 Å². The Labute approximate surface area is 148 Å². The fourth-order valence-corrected chi connectivity index (χ4v) is 3.21. The lowest BCUT2D eigenvalue weighted by molar-refractivity contribution is 0.0697. The first kappa shape index (κ1) is 20.5. The van der Waals surface area contributed by atoms with Gasteiger partial charge in [-0.25, -0.2) is 4.79 Å². The number of carboxylic acids is 1. The summed E-state index contributed by atoms with van der Waals surface area (Å²) in [5.74, 6) is 2.53. The lowest BCUT2D eigenvalue weighted by Crippen LogP contribution is -2.23. The molecule has 4 atom stereocenters. The van der Waals surface area contributed by atoms with Gasteiger partial charge in [0.1, 0.15) is 0 Å².